The summed E-state index contributed by atoms with van der Waals surface area (Å²) in [6.45, 7) is 8.82. The van der Waals surface area contributed by atoms with Gasteiger partial charge in [0.2, 0.25) is 0 Å². The lowest BCUT2D eigenvalue weighted by Gasteiger charge is -2.34. The zero-order valence-corrected chi connectivity index (χ0v) is 16.8. The van der Waals surface area contributed by atoms with Crippen LogP contribution in [0.1, 0.15) is 31.7 Å². The fourth-order valence-corrected chi connectivity index (χ4v) is 2.83. The van der Waals surface area contributed by atoms with Gasteiger partial charge in [0.25, 0.3) is 0 Å². The third kappa shape index (κ3) is 6.66. The first-order chi connectivity index (χ1) is 10.7. The molecule has 0 unspecified atom stereocenters. The minimum atomic E-state index is 0. The van der Waals surface area contributed by atoms with E-state index in [0.29, 0.717) is 6.10 Å². The summed E-state index contributed by atoms with van der Waals surface area (Å²) in [6.07, 6.45) is 7.60. The van der Waals surface area contributed by atoms with Crippen LogP contribution in [0.4, 0.5) is 0 Å². The number of hydrogen-bond acceptors (Lipinski definition) is 3. The maximum Gasteiger partial charge on any atom is 0.193 e. The van der Waals surface area contributed by atoms with Crippen molar-refractivity contribution in [2.45, 2.75) is 45.8 Å². The predicted octanol–water partition coefficient (Wildman–Crippen LogP) is 2.28. The number of guanidine groups is 1. The molecule has 7 heteroatoms. The lowest BCUT2D eigenvalue weighted by atomic mass is 10.1. The molecule has 23 heavy (non-hydrogen) atoms. The van der Waals surface area contributed by atoms with Crippen molar-refractivity contribution in [2.24, 2.45) is 4.99 Å². The van der Waals surface area contributed by atoms with Gasteiger partial charge in [-0.15, -0.1) is 24.0 Å². The number of aliphatic imine (C=N–C) groups is 1. The van der Waals surface area contributed by atoms with Gasteiger partial charge < -0.3 is 15.0 Å². The number of nitrogens with one attached hydrogen (secondary N) is 1. The van der Waals surface area contributed by atoms with Gasteiger partial charge in [-0.3, -0.25) is 9.67 Å². The Hall–Kier alpha value is -0.830. The van der Waals surface area contributed by atoms with Crippen molar-refractivity contribution in [1.29, 1.82) is 0 Å². The smallest absolute Gasteiger partial charge is 0.193 e. The van der Waals surface area contributed by atoms with Crippen molar-refractivity contribution < 1.29 is 4.74 Å². The molecule has 0 aromatic carbocycles. The van der Waals surface area contributed by atoms with E-state index < -0.39 is 0 Å². The van der Waals surface area contributed by atoms with Crippen molar-refractivity contribution in [1.82, 2.24) is 20.0 Å². The zero-order chi connectivity index (χ0) is 15.8. The molecular weight excluding hydrogens is 405 g/mol. The molecule has 0 saturated carbocycles. The normalized spacial score (nSPS) is 16.3. The number of ether oxygens (including phenoxy) is 1. The summed E-state index contributed by atoms with van der Waals surface area (Å²) in [4.78, 5) is 6.73. The fourth-order valence-electron chi connectivity index (χ4n) is 2.83. The molecule has 0 amide bonds. The highest BCUT2D eigenvalue weighted by Gasteiger charge is 2.21. The van der Waals surface area contributed by atoms with Crippen molar-refractivity contribution in [3.8, 4) is 0 Å². The van der Waals surface area contributed by atoms with Crippen LogP contribution in [0.15, 0.2) is 17.4 Å². The van der Waals surface area contributed by atoms with E-state index in [2.05, 4.69) is 40.4 Å². The van der Waals surface area contributed by atoms with Crippen LogP contribution < -0.4 is 5.32 Å². The highest BCUT2D eigenvalue weighted by Crippen LogP contribution is 2.13. The van der Waals surface area contributed by atoms with Crippen molar-refractivity contribution >= 4 is 29.9 Å². The molecule has 1 saturated heterocycles. The molecule has 1 aromatic rings. The quantitative estimate of drug-likeness (QED) is 0.323. The highest BCUT2D eigenvalue weighted by molar-refractivity contribution is 14.0. The van der Waals surface area contributed by atoms with E-state index in [1.165, 1.54) is 5.56 Å². The highest BCUT2D eigenvalue weighted by atomic mass is 127. The van der Waals surface area contributed by atoms with Gasteiger partial charge in [-0.05, 0) is 38.7 Å². The molecule has 1 aliphatic rings. The Bertz CT molecular complexity index is 469. The summed E-state index contributed by atoms with van der Waals surface area (Å²) in [5.41, 5.74) is 1.21. The largest absolute Gasteiger partial charge is 0.378 e. The van der Waals surface area contributed by atoms with Gasteiger partial charge in [0.05, 0.1) is 12.3 Å². The Kier molecular flexibility index (Phi) is 9.54. The maximum atomic E-state index is 5.70. The van der Waals surface area contributed by atoms with Gasteiger partial charge >= 0.3 is 0 Å². The molecule has 1 N–H and O–H groups in total. The third-order valence-electron chi connectivity index (χ3n) is 3.97. The van der Waals surface area contributed by atoms with Crippen molar-refractivity contribution in [3.63, 3.8) is 0 Å². The average molecular weight is 435 g/mol. The lowest BCUT2D eigenvalue weighted by molar-refractivity contribution is 0.0264. The van der Waals surface area contributed by atoms with Gasteiger partial charge in [0.15, 0.2) is 5.96 Å². The van der Waals surface area contributed by atoms with Crippen LogP contribution in [0, 0.1) is 6.92 Å². The summed E-state index contributed by atoms with van der Waals surface area (Å²) in [6, 6.07) is 0. The van der Waals surface area contributed by atoms with Gasteiger partial charge in [-0.1, -0.05) is 0 Å². The molecule has 1 aromatic heterocycles. The molecule has 0 atom stereocenters. The number of hydrogen-bond donors (Lipinski definition) is 1. The molecule has 1 aliphatic heterocycles. The van der Waals surface area contributed by atoms with Crippen LogP contribution in [0.25, 0.3) is 0 Å². The van der Waals surface area contributed by atoms with Crippen LogP contribution in [0.3, 0.4) is 0 Å². The number of piperidine rings is 1. The zero-order valence-electron chi connectivity index (χ0n) is 14.5. The average Bonchev–Trinajstić information content (AvgIpc) is 2.94. The van der Waals surface area contributed by atoms with Crippen LogP contribution in [0.5, 0.6) is 0 Å². The predicted molar refractivity (Wildman–Crippen MR) is 105 cm³/mol. The van der Waals surface area contributed by atoms with Crippen LogP contribution in [-0.4, -0.2) is 60.0 Å². The lowest BCUT2D eigenvalue weighted by Crippen LogP contribution is -2.47. The summed E-state index contributed by atoms with van der Waals surface area (Å²) in [7, 11) is 1.85. The Morgan fingerprint density at radius 2 is 2.17 bits per heavy atom. The summed E-state index contributed by atoms with van der Waals surface area (Å²) < 4.78 is 7.69. The first kappa shape index (κ1) is 20.2. The number of rotatable bonds is 6. The molecule has 132 valence electrons. The van der Waals surface area contributed by atoms with Crippen LogP contribution in [-0.2, 0) is 11.3 Å². The summed E-state index contributed by atoms with van der Waals surface area (Å²) in [5, 5.41) is 7.76. The second kappa shape index (κ2) is 10.9. The van der Waals surface area contributed by atoms with Crippen molar-refractivity contribution in [3.05, 3.63) is 18.0 Å². The SMILES string of the molecule is CCOC1CCN(C(=NC)NCCCn2cc(C)cn2)CC1.I. The standard InChI is InChI=1S/C16H29N5O.HI/c1-4-22-15-6-10-20(11-7-15)16(17-3)18-8-5-9-21-13-14(2)12-19-21;/h12-13,15H,4-11H2,1-3H3,(H,17,18);1H. The van der Waals surface area contributed by atoms with E-state index in [1.54, 1.807) is 0 Å². The first-order valence-corrected chi connectivity index (χ1v) is 8.29. The molecule has 0 aliphatic carbocycles. The number of nitrogens with zero attached hydrogens (tertiary/aromatic N) is 4. The molecular formula is C16H30IN5O. The molecule has 2 rings (SSSR count). The Morgan fingerprint density at radius 1 is 1.43 bits per heavy atom. The minimum Gasteiger partial charge on any atom is -0.378 e. The van der Waals surface area contributed by atoms with Gasteiger partial charge in [0, 0.05) is 46.0 Å². The third-order valence-corrected chi connectivity index (χ3v) is 3.97. The summed E-state index contributed by atoms with van der Waals surface area (Å²) >= 11 is 0. The molecule has 6 nitrogen and oxygen atoms in total. The number of likely N-dealkylation sites (tertiary alicyclic amines) is 1. The first-order valence-electron chi connectivity index (χ1n) is 8.29. The molecule has 0 radical (unpaired) electrons. The number of aromatic nitrogens is 2. The topological polar surface area (TPSA) is 54.7 Å². The van der Waals surface area contributed by atoms with Gasteiger partial charge in [0.1, 0.15) is 0 Å². The second-order valence-corrected chi connectivity index (χ2v) is 5.75. The van der Waals surface area contributed by atoms with E-state index in [9.17, 15) is 0 Å². The molecule has 1 fully saturated rings. The van der Waals surface area contributed by atoms with Crippen LogP contribution in [0.2, 0.25) is 0 Å². The van der Waals surface area contributed by atoms with E-state index >= 15 is 0 Å². The van der Waals surface area contributed by atoms with Crippen molar-refractivity contribution in [2.75, 3.05) is 33.3 Å². The molecule has 0 bridgehead atoms. The fraction of sp³-hybridized carbons (Fsp3) is 0.750. The monoisotopic (exact) mass is 435 g/mol. The summed E-state index contributed by atoms with van der Waals surface area (Å²) in [5.74, 6) is 1.01. The Labute approximate surface area is 156 Å². The van der Waals surface area contributed by atoms with E-state index in [-0.39, 0.29) is 24.0 Å². The number of aryl methyl sites for hydroxylation is 2. The Balaban J connectivity index is 0.00000264. The van der Waals surface area contributed by atoms with Gasteiger partial charge in [-0.25, -0.2) is 0 Å². The van der Waals surface area contributed by atoms with E-state index in [4.69, 9.17) is 4.74 Å². The van der Waals surface area contributed by atoms with Gasteiger partial charge in [-0.2, -0.15) is 5.10 Å². The molecule has 0 spiro atoms. The van der Waals surface area contributed by atoms with E-state index in [0.717, 1.165) is 58.0 Å². The number of halogens is 1. The molecule has 2 heterocycles. The Morgan fingerprint density at radius 3 is 2.74 bits per heavy atom. The maximum absolute atomic E-state index is 5.70. The van der Waals surface area contributed by atoms with Crippen LogP contribution >= 0.6 is 24.0 Å². The van der Waals surface area contributed by atoms with E-state index in [1.807, 2.05) is 17.9 Å². The second-order valence-electron chi connectivity index (χ2n) is 5.75. The minimum absolute atomic E-state index is 0.